The number of rotatable bonds is 8. The van der Waals surface area contributed by atoms with Crippen molar-refractivity contribution in [2.45, 2.75) is 45.4 Å². The van der Waals surface area contributed by atoms with Gasteiger partial charge in [-0.15, -0.1) is 0 Å². The van der Waals surface area contributed by atoms with Crippen LogP contribution in [0.5, 0.6) is 0 Å². The first-order valence-corrected chi connectivity index (χ1v) is 7.34. The maximum absolute atomic E-state index is 11.8. The average molecular weight is 275 g/mol. The molecular weight excluding hydrogens is 254 g/mol. The summed E-state index contributed by atoms with van der Waals surface area (Å²) in [6.45, 7) is 2.63. The highest BCUT2D eigenvalue weighted by atomic mass is 16.5. The molecule has 0 spiro atoms. The van der Waals surface area contributed by atoms with Crippen LogP contribution in [0.15, 0.2) is 28.7 Å². The van der Waals surface area contributed by atoms with E-state index >= 15 is 0 Å². The molecule has 4 heteroatoms. The summed E-state index contributed by atoms with van der Waals surface area (Å²) in [6.07, 6.45) is 6.98. The second-order valence-corrected chi connectivity index (χ2v) is 4.89. The maximum atomic E-state index is 11.8. The fourth-order valence-electron chi connectivity index (χ4n) is 2.07. The lowest BCUT2D eigenvalue weighted by Crippen LogP contribution is -2.06. The highest BCUT2D eigenvalue weighted by Gasteiger charge is 2.15. The number of oxazole rings is 1. The number of aromatic nitrogens is 1. The Kier molecular flexibility index (Phi) is 5.59. The Morgan fingerprint density at radius 2 is 1.90 bits per heavy atom. The van der Waals surface area contributed by atoms with Gasteiger partial charge in [0.2, 0.25) is 0 Å². The van der Waals surface area contributed by atoms with E-state index in [9.17, 15) is 4.79 Å². The van der Waals surface area contributed by atoms with Crippen molar-refractivity contribution in [2.75, 3.05) is 6.61 Å². The molecule has 0 N–H and O–H groups in total. The van der Waals surface area contributed by atoms with Crippen LogP contribution < -0.4 is 0 Å². The van der Waals surface area contributed by atoms with Crippen LogP contribution in [0.4, 0.5) is 0 Å². The topological polar surface area (TPSA) is 52.3 Å². The van der Waals surface area contributed by atoms with Gasteiger partial charge in [0, 0.05) is 0 Å². The van der Waals surface area contributed by atoms with Crippen molar-refractivity contribution in [3.05, 3.63) is 30.2 Å². The standard InChI is InChI=1S/C16H21NO3/c1-2-3-4-5-6-9-12-19-16(18)15-17-13-10-7-8-11-14(13)20-15/h7-8,10-11H,2-6,9,12H2,1H3. The summed E-state index contributed by atoms with van der Waals surface area (Å²) in [5.74, 6) is -0.438. The van der Waals surface area contributed by atoms with E-state index in [-0.39, 0.29) is 5.89 Å². The molecule has 1 aromatic carbocycles. The van der Waals surface area contributed by atoms with Gasteiger partial charge in [-0.2, -0.15) is 0 Å². The number of ether oxygens (including phenoxy) is 1. The van der Waals surface area contributed by atoms with Crippen molar-refractivity contribution in [3.8, 4) is 0 Å². The molecule has 0 radical (unpaired) electrons. The lowest BCUT2D eigenvalue weighted by Gasteiger charge is -2.02. The van der Waals surface area contributed by atoms with E-state index in [4.69, 9.17) is 9.15 Å². The van der Waals surface area contributed by atoms with E-state index in [0.29, 0.717) is 17.7 Å². The number of hydrogen-bond acceptors (Lipinski definition) is 4. The van der Waals surface area contributed by atoms with Crippen LogP contribution in [0.25, 0.3) is 11.1 Å². The molecule has 2 aromatic rings. The zero-order valence-electron chi connectivity index (χ0n) is 11.9. The van der Waals surface area contributed by atoms with E-state index in [1.807, 2.05) is 18.2 Å². The average Bonchev–Trinajstić information content (AvgIpc) is 2.90. The summed E-state index contributed by atoms with van der Waals surface area (Å²) in [6, 6.07) is 7.30. The smallest absolute Gasteiger partial charge is 0.394 e. The molecule has 0 bridgehead atoms. The highest BCUT2D eigenvalue weighted by Crippen LogP contribution is 2.15. The molecule has 0 unspecified atom stereocenters. The van der Waals surface area contributed by atoms with Crippen molar-refractivity contribution in [3.63, 3.8) is 0 Å². The summed E-state index contributed by atoms with van der Waals surface area (Å²) in [5, 5.41) is 0. The van der Waals surface area contributed by atoms with Crippen LogP contribution in [-0.2, 0) is 4.74 Å². The first-order valence-electron chi connectivity index (χ1n) is 7.34. The third-order valence-corrected chi connectivity index (χ3v) is 3.20. The number of carbonyl (C=O) groups is 1. The first-order chi connectivity index (χ1) is 9.81. The van der Waals surface area contributed by atoms with Crippen molar-refractivity contribution in [2.24, 2.45) is 0 Å². The van der Waals surface area contributed by atoms with E-state index in [2.05, 4.69) is 11.9 Å². The van der Waals surface area contributed by atoms with Crippen LogP contribution in [0.1, 0.15) is 56.1 Å². The molecule has 0 saturated carbocycles. The molecule has 0 aliphatic rings. The van der Waals surface area contributed by atoms with Crippen molar-refractivity contribution in [1.82, 2.24) is 4.98 Å². The molecule has 108 valence electrons. The van der Waals surface area contributed by atoms with Gasteiger partial charge in [-0.1, -0.05) is 51.2 Å². The number of fused-ring (bicyclic) bond motifs is 1. The molecular formula is C16H21NO3. The Balaban J connectivity index is 1.72. The normalized spacial score (nSPS) is 10.8. The van der Waals surface area contributed by atoms with Gasteiger partial charge >= 0.3 is 11.9 Å². The van der Waals surface area contributed by atoms with Gasteiger partial charge in [0.15, 0.2) is 5.58 Å². The van der Waals surface area contributed by atoms with Crippen LogP contribution in [-0.4, -0.2) is 17.6 Å². The van der Waals surface area contributed by atoms with Crippen LogP contribution in [0.2, 0.25) is 0 Å². The number of esters is 1. The molecule has 0 aliphatic carbocycles. The molecule has 0 amide bonds. The predicted molar refractivity (Wildman–Crippen MR) is 77.7 cm³/mol. The third-order valence-electron chi connectivity index (χ3n) is 3.20. The number of unbranched alkanes of at least 4 members (excludes halogenated alkanes) is 5. The van der Waals surface area contributed by atoms with Crippen LogP contribution in [0.3, 0.4) is 0 Å². The van der Waals surface area contributed by atoms with E-state index in [0.717, 1.165) is 12.8 Å². The molecule has 0 aliphatic heterocycles. The predicted octanol–water partition coefficient (Wildman–Crippen LogP) is 4.35. The van der Waals surface area contributed by atoms with E-state index in [1.54, 1.807) is 6.07 Å². The summed E-state index contributed by atoms with van der Waals surface area (Å²) in [5.41, 5.74) is 1.29. The zero-order chi connectivity index (χ0) is 14.2. The fraction of sp³-hybridized carbons (Fsp3) is 0.500. The highest BCUT2D eigenvalue weighted by molar-refractivity contribution is 5.88. The SMILES string of the molecule is CCCCCCCCOC(=O)c1nc2ccccc2o1. The van der Waals surface area contributed by atoms with Crippen molar-refractivity contribution in [1.29, 1.82) is 0 Å². The molecule has 0 atom stereocenters. The summed E-state index contributed by atoms with van der Waals surface area (Å²) in [7, 11) is 0. The number of nitrogens with zero attached hydrogens (tertiary/aromatic N) is 1. The van der Waals surface area contributed by atoms with E-state index in [1.165, 1.54) is 25.7 Å². The first kappa shape index (κ1) is 14.6. The minimum atomic E-state index is -0.477. The maximum Gasteiger partial charge on any atom is 0.394 e. The van der Waals surface area contributed by atoms with Crippen molar-refractivity contribution < 1.29 is 13.9 Å². The molecule has 4 nitrogen and oxygen atoms in total. The fourth-order valence-corrected chi connectivity index (χ4v) is 2.07. The van der Waals surface area contributed by atoms with Crippen LogP contribution in [0, 0.1) is 0 Å². The second kappa shape index (κ2) is 7.68. The van der Waals surface area contributed by atoms with E-state index < -0.39 is 5.97 Å². The Bertz CT molecular complexity index is 514. The lowest BCUT2D eigenvalue weighted by atomic mass is 10.1. The summed E-state index contributed by atoms with van der Waals surface area (Å²) < 4.78 is 10.5. The summed E-state index contributed by atoms with van der Waals surface area (Å²) in [4.78, 5) is 15.9. The second-order valence-electron chi connectivity index (χ2n) is 4.89. The van der Waals surface area contributed by atoms with Gasteiger partial charge in [-0.3, -0.25) is 0 Å². The van der Waals surface area contributed by atoms with Crippen molar-refractivity contribution >= 4 is 17.1 Å². The Labute approximate surface area is 119 Å². The lowest BCUT2D eigenvalue weighted by molar-refractivity contribution is 0.0455. The third kappa shape index (κ3) is 4.08. The minimum absolute atomic E-state index is 0.0391. The number of carbonyl (C=O) groups excluding carboxylic acids is 1. The monoisotopic (exact) mass is 275 g/mol. The number of benzene rings is 1. The number of hydrogen-bond donors (Lipinski definition) is 0. The number of para-hydroxylation sites is 2. The van der Waals surface area contributed by atoms with Gasteiger partial charge < -0.3 is 9.15 Å². The molecule has 0 saturated heterocycles. The van der Waals surface area contributed by atoms with Gasteiger partial charge in [0.05, 0.1) is 6.61 Å². The Morgan fingerprint density at radius 1 is 1.15 bits per heavy atom. The minimum Gasteiger partial charge on any atom is -0.459 e. The largest absolute Gasteiger partial charge is 0.459 e. The quantitative estimate of drug-likeness (QED) is 0.531. The molecule has 1 heterocycles. The molecule has 2 rings (SSSR count). The summed E-state index contributed by atoms with van der Waals surface area (Å²) >= 11 is 0. The Morgan fingerprint density at radius 3 is 2.70 bits per heavy atom. The molecule has 20 heavy (non-hydrogen) atoms. The van der Waals surface area contributed by atoms with Gasteiger partial charge in [0.25, 0.3) is 0 Å². The van der Waals surface area contributed by atoms with Gasteiger partial charge in [-0.25, -0.2) is 9.78 Å². The van der Waals surface area contributed by atoms with Crippen LogP contribution >= 0.6 is 0 Å². The zero-order valence-corrected chi connectivity index (χ0v) is 11.9. The Hall–Kier alpha value is -1.84. The molecule has 1 aromatic heterocycles. The molecule has 0 fully saturated rings. The van der Waals surface area contributed by atoms with Gasteiger partial charge in [0.1, 0.15) is 5.52 Å². The van der Waals surface area contributed by atoms with Gasteiger partial charge in [-0.05, 0) is 18.6 Å².